The van der Waals surface area contributed by atoms with Crippen molar-refractivity contribution in [1.29, 1.82) is 0 Å². The van der Waals surface area contributed by atoms with Gasteiger partial charge in [-0.05, 0) is 17.7 Å². The SMILES string of the molecule is N[C@H](c1c(Cl)cccc1Cl)[C@@H](O)Cc1ccccc1. The van der Waals surface area contributed by atoms with E-state index in [1.165, 1.54) is 0 Å². The Morgan fingerprint density at radius 3 is 2.11 bits per heavy atom. The van der Waals surface area contributed by atoms with Crippen molar-refractivity contribution >= 4 is 23.2 Å². The summed E-state index contributed by atoms with van der Waals surface area (Å²) in [6.07, 6.45) is -0.274. The van der Waals surface area contributed by atoms with E-state index in [1.807, 2.05) is 30.3 Å². The molecule has 2 aromatic rings. The average molecular weight is 296 g/mol. The minimum atomic E-state index is -0.736. The molecule has 2 rings (SSSR count). The molecule has 3 N–H and O–H groups in total. The van der Waals surface area contributed by atoms with Crippen LogP contribution >= 0.6 is 23.2 Å². The Bertz CT molecular complexity index is 525. The zero-order valence-corrected chi connectivity index (χ0v) is 11.8. The summed E-state index contributed by atoms with van der Waals surface area (Å²) in [5.41, 5.74) is 7.68. The fourth-order valence-corrected chi connectivity index (χ4v) is 2.65. The molecule has 0 heterocycles. The molecule has 0 saturated heterocycles. The quantitative estimate of drug-likeness (QED) is 0.905. The van der Waals surface area contributed by atoms with Crippen LogP contribution in [0.2, 0.25) is 10.0 Å². The molecule has 0 spiro atoms. The van der Waals surface area contributed by atoms with Gasteiger partial charge in [0, 0.05) is 22.0 Å². The van der Waals surface area contributed by atoms with Gasteiger partial charge in [-0.2, -0.15) is 0 Å². The first-order valence-electron chi connectivity index (χ1n) is 6.01. The lowest BCUT2D eigenvalue weighted by atomic mass is 9.97. The van der Waals surface area contributed by atoms with Crippen molar-refractivity contribution in [3.63, 3.8) is 0 Å². The maximum absolute atomic E-state index is 10.2. The number of aliphatic hydroxyl groups is 1. The predicted octanol–water partition coefficient (Wildman–Crippen LogP) is 3.60. The molecular formula is C15H15Cl2NO. The molecule has 0 aliphatic carbocycles. The monoisotopic (exact) mass is 295 g/mol. The highest BCUT2D eigenvalue weighted by atomic mass is 35.5. The highest BCUT2D eigenvalue weighted by Gasteiger charge is 2.21. The van der Waals surface area contributed by atoms with E-state index in [9.17, 15) is 5.11 Å². The molecule has 0 amide bonds. The molecule has 0 aliphatic rings. The van der Waals surface area contributed by atoms with E-state index in [0.29, 0.717) is 22.0 Å². The number of nitrogens with two attached hydrogens (primary N) is 1. The van der Waals surface area contributed by atoms with Gasteiger partial charge in [0.05, 0.1) is 12.1 Å². The number of benzene rings is 2. The van der Waals surface area contributed by atoms with Crippen LogP contribution in [0.15, 0.2) is 48.5 Å². The third-order valence-electron chi connectivity index (χ3n) is 3.04. The highest BCUT2D eigenvalue weighted by molar-refractivity contribution is 6.36. The van der Waals surface area contributed by atoms with Crippen LogP contribution in [0.3, 0.4) is 0 Å². The number of hydrogen-bond acceptors (Lipinski definition) is 2. The number of aliphatic hydroxyl groups excluding tert-OH is 1. The van der Waals surface area contributed by atoms with Crippen molar-refractivity contribution in [3.05, 3.63) is 69.7 Å². The van der Waals surface area contributed by atoms with Crippen LogP contribution in [-0.2, 0) is 6.42 Å². The summed E-state index contributed by atoms with van der Waals surface area (Å²) in [6.45, 7) is 0. The molecule has 2 nitrogen and oxygen atoms in total. The molecule has 2 atom stereocenters. The second-order valence-electron chi connectivity index (χ2n) is 4.42. The Kier molecular flexibility index (Phi) is 4.83. The molecule has 0 radical (unpaired) electrons. The maximum Gasteiger partial charge on any atom is 0.0774 e. The van der Waals surface area contributed by atoms with Gasteiger partial charge in [0.25, 0.3) is 0 Å². The number of hydrogen-bond donors (Lipinski definition) is 2. The molecule has 4 heteroatoms. The lowest BCUT2D eigenvalue weighted by Crippen LogP contribution is -2.28. The van der Waals surface area contributed by atoms with Crippen LogP contribution in [0.25, 0.3) is 0 Å². The van der Waals surface area contributed by atoms with E-state index in [0.717, 1.165) is 5.56 Å². The molecule has 0 saturated carbocycles. The standard InChI is InChI=1S/C15H15Cl2NO/c16-11-7-4-8-12(17)14(11)15(18)13(19)9-10-5-2-1-3-6-10/h1-8,13,15,19H,9,18H2/t13-,15-/m0/s1. The fourth-order valence-electron chi connectivity index (χ4n) is 2.00. The summed E-state index contributed by atoms with van der Waals surface area (Å²) in [4.78, 5) is 0. The topological polar surface area (TPSA) is 46.2 Å². The van der Waals surface area contributed by atoms with Crippen molar-refractivity contribution in [2.45, 2.75) is 18.6 Å². The lowest BCUT2D eigenvalue weighted by Gasteiger charge is -2.21. The largest absolute Gasteiger partial charge is 0.391 e. The summed E-state index contributed by atoms with van der Waals surface area (Å²) in [5, 5.41) is 11.2. The summed E-state index contributed by atoms with van der Waals surface area (Å²) in [6, 6.07) is 14.3. The van der Waals surface area contributed by atoms with Gasteiger partial charge >= 0.3 is 0 Å². The van der Waals surface area contributed by atoms with Gasteiger partial charge in [0.2, 0.25) is 0 Å². The van der Waals surface area contributed by atoms with Gasteiger partial charge in [-0.15, -0.1) is 0 Å². The van der Waals surface area contributed by atoms with Crippen LogP contribution in [0.4, 0.5) is 0 Å². The zero-order chi connectivity index (χ0) is 13.8. The molecule has 19 heavy (non-hydrogen) atoms. The lowest BCUT2D eigenvalue weighted by molar-refractivity contribution is 0.145. The van der Waals surface area contributed by atoms with Gasteiger partial charge in [-0.1, -0.05) is 59.6 Å². The third-order valence-corrected chi connectivity index (χ3v) is 3.69. The summed E-state index contributed by atoms with van der Waals surface area (Å²) < 4.78 is 0. The zero-order valence-electron chi connectivity index (χ0n) is 10.3. The van der Waals surface area contributed by atoms with Crippen molar-refractivity contribution < 1.29 is 5.11 Å². The Balaban J connectivity index is 2.17. The van der Waals surface area contributed by atoms with E-state index < -0.39 is 12.1 Å². The van der Waals surface area contributed by atoms with Gasteiger partial charge < -0.3 is 10.8 Å². The van der Waals surface area contributed by atoms with E-state index in [2.05, 4.69) is 0 Å². The molecule has 0 bridgehead atoms. The first kappa shape index (κ1) is 14.4. The van der Waals surface area contributed by atoms with Gasteiger partial charge in [-0.25, -0.2) is 0 Å². The molecule has 0 aromatic heterocycles. The van der Waals surface area contributed by atoms with E-state index in [1.54, 1.807) is 18.2 Å². The van der Waals surface area contributed by atoms with Crippen LogP contribution in [0.1, 0.15) is 17.2 Å². The first-order chi connectivity index (χ1) is 9.09. The first-order valence-corrected chi connectivity index (χ1v) is 6.76. The highest BCUT2D eigenvalue weighted by Crippen LogP contribution is 2.31. The van der Waals surface area contributed by atoms with Crippen LogP contribution in [-0.4, -0.2) is 11.2 Å². The molecule has 0 fully saturated rings. The average Bonchev–Trinajstić information content (AvgIpc) is 2.39. The van der Waals surface area contributed by atoms with E-state index >= 15 is 0 Å². The molecule has 0 aliphatic heterocycles. The Hall–Kier alpha value is -1.06. The van der Waals surface area contributed by atoms with Gasteiger partial charge in [0.1, 0.15) is 0 Å². The van der Waals surface area contributed by atoms with Crippen LogP contribution < -0.4 is 5.73 Å². The third kappa shape index (κ3) is 3.48. The van der Waals surface area contributed by atoms with Crippen molar-refractivity contribution in [2.75, 3.05) is 0 Å². The second kappa shape index (κ2) is 6.40. The number of halogens is 2. The van der Waals surface area contributed by atoms with E-state index in [4.69, 9.17) is 28.9 Å². The Morgan fingerprint density at radius 2 is 1.53 bits per heavy atom. The molecule has 0 unspecified atom stereocenters. The summed E-state index contributed by atoms with van der Waals surface area (Å²) >= 11 is 12.2. The van der Waals surface area contributed by atoms with Crippen molar-refractivity contribution in [2.24, 2.45) is 5.73 Å². The minimum absolute atomic E-state index is 0.462. The summed E-state index contributed by atoms with van der Waals surface area (Å²) in [5.74, 6) is 0. The van der Waals surface area contributed by atoms with Crippen LogP contribution in [0, 0.1) is 0 Å². The number of rotatable bonds is 4. The Morgan fingerprint density at radius 1 is 0.947 bits per heavy atom. The maximum atomic E-state index is 10.2. The fraction of sp³-hybridized carbons (Fsp3) is 0.200. The minimum Gasteiger partial charge on any atom is -0.391 e. The van der Waals surface area contributed by atoms with Crippen molar-refractivity contribution in [3.8, 4) is 0 Å². The van der Waals surface area contributed by atoms with E-state index in [-0.39, 0.29) is 0 Å². The van der Waals surface area contributed by atoms with Crippen LogP contribution in [0.5, 0.6) is 0 Å². The van der Waals surface area contributed by atoms with Crippen molar-refractivity contribution in [1.82, 2.24) is 0 Å². The Labute approximate surface area is 122 Å². The predicted molar refractivity (Wildman–Crippen MR) is 79.5 cm³/mol. The van der Waals surface area contributed by atoms with Gasteiger partial charge in [0.15, 0.2) is 0 Å². The normalized spacial score (nSPS) is 14.1. The molecule has 100 valence electrons. The summed E-state index contributed by atoms with van der Waals surface area (Å²) in [7, 11) is 0. The molecule has 2 aromatic carbocycles. The molecular weight excluding hydrogens is 281 g/mol. The smallest absolute Gasteiger partial charge is 0.0774 e. The second-order valence-corrected chi connectivity index (χ2v) is 5.23. The van der Waals surface area contributed by atoms with Gasteiger partial charge in [-0.3, -0.25) is 0 Å².